The van der Waals surface area contributed by atoms with E-state index in [1.165, 1.54) is 42.6 Å². The van der Waals surface area contributed by atoms with E-state index < -0.39 is 15.0 Å². The SMILES string of the molecule is O=Cc1ccc(N=Nc2cc(S(=O)(=O)O)c3cccnc3c2O)cc1. The number of hydrogen-bond donors (Lipinski definition) is 2. The van der Waals surface area contributed by atoms with Crippen molar-refractivity contribution >= 4 is 38.7 Å². The molecule has 3 rings (SSSR count). The van der Waals surface area contributed by atoms with Crippen molar-refractivity contribution in [2.24, 2.45) is 10.2 Å². The number of benzene rings is 2. The molecule has 0 unspecified atom stereocenters. The van der Waals surface area contributed by atoms with E-state index in [1.807, 2.05) is 0 Å². The molecule has 0 bridgehead atoms. The Balaban J connectivity index is 2.14. The third-order valence-electron chi connectivity index (χ3n) is 3.39. The number of carbonyl (C=O) groups is 1. The molecule has 2 aromatic carbocycles. The van der Waals surface area contributed by atoms with Crippen molar-refractivity contribution in [3.05, 3.63) is 54.2 Å². The van der Waals surface area contributed by atoms with E-state index in [0.29, 0.717) is 17.5 Å². The van der Waals surface area contributed by atoms with Crippen LogP contribution in [0.3, 0.4) is 0 Å². The first-order valence-electron chi connectivity index (χ1n) is 6.95. The summed E-state index contributed by atoms with van der Waals surface area (Å²) < 4.78 is 32.6. The number of nitrogens with zero attached hydrogens (tertiary/aromatic N) is 3. The summed E-state index contributed by atoms with van der Waals surface area (Å²) in [5, 5.41) is 18.0. The molecule has 0 saturated heterocycles. The fraction of sp³-hybridized carbons (Fsp3) is 0. The zero-order valence-corrected chi connectivity index (χ0v) is 13.4. The van der Waals surface area contributed by atoms with Crippen molar-refractivity contribution in [3.63, 3.8) is 0 Å². The van der Waals surface area contributed by atoms with E-state index in [9.17, 15) is 22.9 Å². The summed E-state index contributed by atoms with van der Waals surface area (Å²) in [6.45, 7) is 0. The Hall–Kier alpha value is -3.17. The minimum absolute atomic E-state index is 0.0251. The van der Waals surface area contributed by atoms with E-state index in [2.05, 4.69) is 15.2 Å². The molecule has 0 spiro atoms. The van der Waals surface area contributed by atoms with Gasteiger partial charge in [0.1, 0.15) is 22.4 Å². The molecule has 0 aliphatic heterocycles. The molecule has 1 heterocycles. The van der Waals surface area contributed by atoms with Crippen molar-refractivity contribution in [1.82, 2.24) is 4.98 Å². The van der Waals surface area contributed by atoms with Gasteiger partial charge in [-0.25, -0.2) is 0 Å². The Morgan fingerprint density at radius 1 is 1.08 bits per heavy atom. The van der Waals surface area contributed by atoms with Crippen LogP contribution in [0.25, 0.3) is 10.9 Å². The van der Waals surface area contributed by atoms with Crippen molar-refractivity contribution in [3.8, 4) is 5.75 Å². The number of aromatic hydroxyl groups is 1. The van der Waals surface area contributed by atoms with Crippen LogP contribution in [0.2, 0.25) is 0 Å². The highest BCUT2D eigenvalue weighted by molar-refractivity contribution is 7.86. The molecule has 8 nitrogen and oxygen atoms in total. The highest BCUT2D eigenvalue weighted by atomic mass is 32.2. The summed E-state index contributed by atoms with van der Waals surface area (Å²) in [6, 6.07) is 10.0. The lowest BCUT2D eigenvalue weighted by atomic mass is 10.2. The quantitative estimate of drug-likeness (QED) is 0.418. The number of fused-ring (bicyclic) bond motifs is 1. The number of aromatic nitrogens is 1. The van der Waals surface area contributed by atoms with E-state index in [1.54, 1.807) is 0 Å². The van der Waals surface area contributed by atoms with E-state index in [4.69, 9.17) is 0 Å². The lowest BCUT2D eigenvalue weighted by molar-refractivity contribution is 0.112. The number of pyridine rings is 1. The summed E-state index contributed by atoms with van der Waals surface area (Å²) in [5.74, 6) is -0.365. The number of phenols is 1. The monoisotopic (exact) mass is 357 g/mol. The molecule has 0 aliphatic carbocycles. The molecule has 0 amide bonds. The van der Waals surface area contributed by atoms with Gasteiger partial charge in [0.15, 0.2) is 5.75 Å². The second-order valence-corrected chi connectivity index (χ2v) is 6.42. The number of carbonyl (C=O) groups excluding carboxylic acids is 1. The fourth-order valence-electron chi connectivity index (χ4n) is 2.21. The summed E-state index contributed by atoms with van der Waals surface area (Å²) in [7, 11) is -4.55. The molecule has 2 N–H and O–H groups in total. The summed E-state index contributed by atoms with van der Waals surface area (Å²) in [5.41, 5.74) is 0.658. The Morgan fingerprint density at radius 3 is 2.44 bits per heavy atom. The fourth-order valence-corrected chi connectivity index (χ4v) is 2.91. The van der Waals surface area contributed by atoms with Gasteiger partial charge in [0.05, 0.1) is 5.69 Å². The van der Waals surface area contributed by atoms with Crippen molar-refractivity contribution in [2.75, 3.05) is 0 Å². The summed E-state index contributed by atoms with van der Waals surface area (Å²) >= 11 is 0. The zero-order chi connectivity index (χ0) is 18.0. The average Bonchev–Trinajstić information content (AvgIpc) is 2.61. The topological polar surface area (TPSA) is 129 Å². The molecule has 1 aromatic heterocycles. The maximum Gasteiger partial charge on any atom is 0.295 e. The maximum atomic E-state index is 11.6. The van der Waals surface area contributed by atoms with Gasteiger partial charge in [0, 0.05) is 17.1 Å². The predicted octanol–water partition coefficient (Wildman–Crippen LogP) is 3.42. The number of hydrogen-bond acceptors (Lipinski definition) is 7. The van der Waals surface area contributed by atoms with Crippen LogP contribution in [0, 0.1) is 0 Å². The van der Waals surface area contributed by atoms with Gasteiger partial charge in [-0.1, -0.05) is 0 Å². The standard InChI is InChI=1S/C16H11N3O5S/c20-9-10-3-5-11(6-4-10)18-19-13-8-14(25(22,23)24)12-2-1-7-17-15(12)16(13)21/h1-9,21H,(H,22,23,24). The van der Waals surface area contributed by atoms with Gasteiger partial charge in [-0.05, 0) is 42.5 Å². The summed E-state index contributed by atoms with van der Waals surface area (Å²) in [4.78, 5) is 14.1. The van der Waals surface area contributed by atoms with Crippen molar-refractivity contribution in [1.29, 1.82) is 0 Å². The second-order valence-electron chi connectivity index (χ2n) is 5.03. The third kappa shape index (κ3) is 3.37. The van der Waals surface area contributed by atoms with Gasteiger partial charge in [-0.2, -0.15) is 13.5 Å². The van der Waals surface area contributed by atoms with Crippen molar-refractivity contribution < 1.29 is 22.9 Å². The highest BCUT2D eigenvalue weighted by Crippen LogP contribution is 2.38. The number of aldehydes is 1. The molecule has 0 atom stereocenters. The molecule has 0 saturated carbocycles. The van der Waals surface area contributed by atoms with E-state index in [0.717, 1.165) is 6.07 Å². The molecular weight excluding hydrogens is 346 g/mol. The number of azo groups is 1. The van der Waals surface area contributed by atoms with Gasteiger partial charge >= 0.3 is 0 Å². The van der Waals surface area contributed by atoms with Crippen LogP contribution in [0.15, 0.2) is 63.8 Å². The van der Waals surface area contributed by atoms with Crippen LogP contribution in [0.4, 0.5) is 11.4 Å². The Morgan fingerprint density at radius 2 is 1.80 bits per heavy atom. The minimum Gasteiger partial charge on any atom is -0.504 e. The van der Waals surface area contributed by atoms with Crippen molar-refractivity contribution in [2.45, 2.75) is 4.90 Å². The van der Waals surface area contributed by atoms with Crippen LogP contribution in [0.5, 0.6) is 5.75 Å². The lowest BCUT2D eigenvalue weighted by Crippen LogP contribution is -1.99. The predicted molar refractivity (Wildman–Crippen MR) is 89.2 cm³/mol. The van der Waals surface area contributed by atoms with Crippen LogP contribution in [-0.4, -0.2) is 29.3 Å². The normalized spacial score (nSPS) is 11.9. The van der Waals surface area contributed by atoms with Crippen LogP contribution in [-0.2, 0) is 10.1 Å². The molecule has 9 heteroatoms. The van der Waals surface area contributed by atoms with Gasteiger partial charge in [-0.15, -0.1) is 5.11 Å². The van der Waals surface area contributed by atoms with Gasteiger partial charge in [0.25, 0.3) is 10.1 Å². The van der Waals surface area contributed by atoms with E-state index in [-0.39, 0.29) is 22.3 Å². The van der Waals surface area contributed by atoms with Crippen LogP contribution >= 0.6 is 0 Å². The number of phenolic OH excluding ortho intramolecular Hbond substituents is 1. The first-order valence-corrected chi connectivity index (χ1v) is 8.39. The molecular formula is C16H11N3O5S. The molecule has 0 aliphatic rings. The Kier molecular flexibility index (Phi) is 4.26. The molecule has 25 heavy (non-hydrogen) atoms. The largest absolute Gasteiger partial charge is 0.504 e. The Bertz CT molecular complexity index is 1090. The summed E-state index contributed by atoms with van der Waals surface area (Å²) in [6.07, 6.45) is 2.05. The first-order chi connectivity index (χ1) is 11.9. The van der Waals surface area contributed by atoms with Gasteiger partial charge in [0.2, 0.25) is 0 Å². The first kappa shape index (κ1) is 16.7. The zero-order valence-electron chi connectivity index (χ0n) is 12.6. The van der Waals surface area contributed by atoms with Crippen LogP contribution < -0.4 is 0 Å². The average molecular weight is 357 g/mol. The second kappa shape index (κ2) is 6.38. The third-order valence-corrected chi connectivity index (χ3v) is 4.28. The lowest BCUT2D eigenvalue weighted by Gasteiger charge is -2.07. The number of rotatable bonds is 4. The molecule has 0 fully saturated rings. The minimum atomic E-state index is -4.55. The molecule has 0 radical (unpaired) electrons. The molecule has 3 aromatic rings. The van der Waals surface area contributed by atoms with Gasteiger partial charge < -0.3 is 5.11 Å². The smallest absolute Gasteiger partial charge is 0.295 e. The Labute approximate surface area is 142 Å². The van der Waals surface area contributed by atoms with Crippen LogP contribution in [0.1, 0.15) is 10.4 Å². The maximum absolute atomic E-state index is 11.6. The molecule has 126 valence electrons. The highest BCUT2D eigenvalue weighted by Gasteiger charge is 2.20. The van der Waals surface area contributed by atoms with E-state index >= 15 is 0 Å². The van der Waals surface area contributed by atoms with Gasteiger partial charge in [-0.3, -0.25) is 14.3 Å².